The number of nitrogens with zero attached hydrogens (tertiary/aromatic N) is 3. The summed E-state index contributed by atoms with van der Waals surface area (Å²) < 4.78 is 4.40. The van der Waals surface area contributed by atoms with Crippen LogP contribution in [0.3, 0.4) is 0 Å². The van der Waals surface area contributed by atoms with E-state index in [1.54, 1.807) is 6.20 Å². The zero-order chi connectivity index (χ0) is 13.1. The maximum absolute atomic E-state index is 4.50. The predicted octanol–water partition coefficient (Wildman–Crippen LogP) is 3.58. The average molecular weight is 270 g/mol. The lowest BCUT2D eigenvalue weighted by molar-refractivity contribution is 0.976. The normalized spacial score (nSPS) is 10.8. The summed E-state index contributed by atoms with van der Waals surface area (Å²) in [6, 6.07) is 10.2. The summed E-state index contributed by atoms with van der Waals surface area (Å²) in [6.45, 7) is 3.04. The Kier molecular flexibility index (Phi) is 3.37. The molecule has 3 aromatic rings. The van der Waals surface area contributed by atoms with E-state index in [-0.39, 0.29) is 0 Å². The minimum atomic E-state index is 0.695. The maximum atomic E-state index is 4.50. The van der Waals surface area contributed by atoms with E-state index in [2.05, 4.69) is 38.7 Å². The molecule has 0 atom stereocenters. The van der Waals surface area contributed by atoms with Crippen molar-refractivity contribution in [1.29, 1.82) is 0 Å². The van der Waals surface area contributed by atoms with Crippen molar-refractivity contribution >= 4 is 27.4 Å². The molecule has 0 amide bonds. The van der Waals surface area contributed by atoms with Gasteiger partial charge in [-0.1, -0.05) is 31.2 Å². The Balaban J connectivity index is 2.02. The van der Waals surface area contributed by atoms with Gasteiger partial charge in [-0.2, -0.15) is 9.36 Å². The zero-order valence-electron chi connectivity index (χ0n) is 10.6. The Bertz CT molecular complexity index is 687. The van der Waals surface area contributed by atoms with Gasteiger partial charge >= 0.3 is 0 Å². The van der Waals surface area contributed by atoms with Gasteiger partial charge in [0.1, 0.15) is 5.69 Å². The van der Waals surface area contributed by atoms with Gasteiger partial charge < -0.3 is 5.32 Å². The lowest BCUT2D eigenvalue weighted by atomic mass is 10.1. The number of aromatic nitrogens is 3. The first-order valence-electron chi connectivity index (χ1n) is 6.30. The van der Waals surface area contributed by atoms with Crippen molar-refractivity contribution in [1.82, 2.24) is 14.3 Å². The molecule has 0 aliphatic carbocycles. The van der Waals surface area contributed by atoms with Gasteiger partial charge in [0, 0.05) is 29.7 Å². The van der Waals surface area contributed by atoms with Crippen LogP contribution in [0.15, 0.2) is 36.5 Å². The number of hydrogen-bond acceptors (Lipinski definition) is 5. The molecule has 0 fully saturated rings. The third kappa shape index (κ3) is 2.42. The number of hydrogen-bond donors (Lipinski definition) is 1. The molecule has 0 aliphatic heterocycles. The van der Waals surface area contributed by atoms with Crippen LogP contribution in [0.2, 0.25) is 0 Å². The highest BCUT2D eigenvalue weighted by atomic mass is 32.1. The zero-order valence-corrected chi connectivity index (χ0v) is 11.4. The van der Waals surface area contributed by atoms with E-state index in [0.29, 0.717) is 5.82 Å². The number of rotatable bonds is 4. The molecular weight excluding hydrogens is 256 g/mol. The van der Waals surface area contributed by atoms with Gasteiger partial charge in [0.05, 0.1) is 0 Å². The number of benzene rings is 1. The molecule has 0 saturated heterocycles. The van der Waals surface area contributed by atoms with E-state index in [1.165, 1.54) is 11.5 Å². The topological polar surface area (TPSA) is 50.7 Å². The standard InChI is InChI=1S/C14H14N4S/c1-2-8-16-14-17-13(18-19-14)12-11-6-4-3-5-10(11)7-9-15-12/h3-7,9H,2,8H2,1H3,(H,16,17,18). The number of pyridine rings is 1. The lowest BCUT2D eigenvalue weighted by Crippen LogP contribution is -1.98. The van der Waals surface area contributed by atoms with Gasteiger partial charge in [0.15, 0.2) is 5.82 Å². The second-order valence-electron chi connectivity index (χ2n) is 4.23. The molecule has 2 aromatic heterocycles. The first-order chi connectivity index (χ1) is 9.38. The van der Waals surface area contributed by atoms with Crippen molar-refractivity contribution in [2.75, 3.05) is 11.9 Å². The van der Waals surface area contributed by atoms with Crippen LogP contribution in [0.1, 0.15) is 13.3 Å². The number of anilines is 1. The van der Waals surface area contributed by atoms with Gasteiger partial charge in [-0.05, 0) is 17.9 Å². The smallest absolute Gasteiger partial charge is 0.202 e. The fourth-order valence-electron chi connectivity index (χ4n) is 1.92. The SMILES string of the molecule is CCCNc1nc(-c2nccc3ccccc23)ns1. The van der Waals surface area contributed by atoms with Crippen LogP contribution in [-0.2, 0) is 0 Å². The van der Waals surface area contributed by atoms with E-state index in [4.69, 9.17) is 0 Å². The van der Waals surface area contributed by atoms with Crippen molar-refractivity contribution < 1.29 is 0 Å². The van der Waals surface area contributed by atoms with Crippen molar-refractivity contribution in [3.05, 3.63) is 36.5 Å². The van der Waals surface area contributed by atoms with E-state index < -0.39 is 0 Å². The molecular formula is C14H14N4S. The molecule has 2 heterocycles. The van der Waals surface area contributed by atoms with Crippen molar-refractivity contribution in [2.45, 2.75) is 13.3 Å². The van der Waals surface area contributed by atoms with Crippen LogP contribution in [0.4, 0.5) is 5.13 Å². The molecule has 4 nitrogen and oxygen atoms in total. The van der Waals surface area contributed by atoms with Crippen molar-refractivity contribution in [3.63, 3.8) is 0 Å². The van der Waals surface area contributed by atoms with Crippen molar-refractivity contribution in [2.24, 2.45) is 0 Å². The highest BCUT2D eigenvalue weighted by Gasteiger charge is 2.10. The molecule has 0 aliphatic rings. The molecule has 0 unspecified atom stereocenters. The van der Waals surface area contributed by atoms with Gasteiger partial charge in [0.25, 0.3) is 0 Å². The summed E-state index contributed by atoms with van der Waals surface area (Å²) in [7, 11) is 0. The molecule has 0 saturated carbocycles. The molecule has 1 aromatic carbocycles. The van der Waals surface area contributed by atoms with Crippen LogP contribution < -0.4 is 5.32 Å². The van der Waals surface area contributed by atoms with Gasteiger partial charge in [-0.3, -0.25) is 4.98 Å². The molecule has 19 heavy (non-hydrogen) atoms. The number of nitrogens with one attached hydrogen (secondary N) is 1. The molecule has 1 N–H and O–H groups in total. The van der Waals surface area contributed by atoms with E-state index in [9.17, 15) is 0 Å². The molecule has 0 spiro atoms. The minimum absolute atomic E-state index is 0.695. The lowest BCUT2D eigenvalue weighted by Gasteiger charge is -2.01. The summed E-state index contributed by atoms with van der Waals surface area (Å²) in [5, 5.41) is 6.35. The third-order valence-electron chi connectivity index (χ3n) is 2.84. The van der Waals surface area contributed by atoms with Crippen LogP contribution in [-0.4, -0.2) is 20.9 Å². The van der Waals surface area contributed by atoms with E-state index in [1.807, 2.05) is 18.2 Å². The first kappa shape index (κ1) is 12.0. The van der Waals surface area contributed by atoms with Crippen LogP contribution >= 0.6 is 11.5 Å². The maximum Gasteiger partial charge on any atom is 0.202 e. The summed E-state index contributed by atoms with van der Waals surface area (Å²) in [4.78, 5) is 8.93. The largest absolute Gasteiger partial charge is 0.360 e. The molecule has 96 valence electrons. The summed E-state index contributed by atoms with van der Waals surface area (Å²) in [5.41, 5.74) is 0.846. The first-order valence-corrected chi connectivity index (χ1v) is 7.07. The Morgan fingerprint density at radius 3 is 3.00 bits per heavy atom. The van der Waals surface area contributed by atoms with Crippen LogP contribution in [0.25, 0.3) is 22.3 Å². The summed E-state index contributed by atoms with van der Waals surface area (Å²) >= 11 is 1.38. The number of fused-ring (bicyclic) bond motifs is 1. The van der Waals surface area contributed by atoms with Crippen LogP contribution in [0, 0.1) is 0 Å². The molecule has 0 bridgehead atoms. The summed E-state index contributed by atoms with van der Waals surface area (Å²) in [6.07, 6.45) is 2.87. The Morgan fingerprint density at radius 1 is 1.21 bits per heavy atom. The Labute approximate surface area is 115 Å². The second-order valence-corrected chi connectivity index (χ2v) is 4.98. The fraction of sp³-hybridized carbons (Fsp3) is 0.214. The molecule has 3 rings (SSSR count). The molecule has 0 radical (unpaired) electrons. The van der Waals surface area contributed by atoms with Gasteiger partial charge in [-0.15, -0.1) is 0 Å². The predicted molar refractivity (Wildman–Crippen MR) is 79.4 cm³/mol. The Hall–Kier alpha value is -2.01. The van der Waals surface area contributed by atoms with Crippen molar-refractivity contribution in [3.8, 4) is 11.5 Å². The highest BCUT2D eigenvalue weighted by Crippen LogP contribution is 2.26. The third-order valence-corrected chi connectivity index (χ3v) is 3.51. The van der Waals surface area contributed by atoms with E-state index >= 15 is 0 Å². The summed E-state index contributed by atoms with van der Waals surface area (Å²) in [5.74, 6) is 0.695. The highest BCUT2D eigenvalue weighted by molar-refractivity contribution is 7.09. The van der Waals surface area contributed by atoms with Gasteiger partial charge in [0.2, 0.25) is 5.13 Å². The quantitative estimate of drug-likeness (QED) is 0.787. The van der Waals surface area contributed by atoms with Crippen LogP contribution in [0.5, 0.6) is 0 Å². The fourth-order valence-corrected chi connectivity index (χ4v) is 2.52. The monoisotopic (exact) mass is 270 g/mol. The average Bonchev–Trinajstić information content (AvgIpc) is 2.93. The van der Waals surface area contributed by atoms with Gasteiger partial charge in [-0.25, -0.2) is 0 Å². The Morgan fingerprint density at radius 2 is 2.11 bits per heavy atom. The second kappa shape index (κ2) is 5.32. The molecule has 5 heteroatoms. The van der Waals surface area contributed by atoms with E-state index in [0.717, 1.165) is 34.6 Å². The minimum Gasteiger partial charge on any atom is -0.360 e.